The highest BCUT2D eigenvalue weighted by Gasteiger charge is 2.11. The van der Waals surface area contributed by atoms with Gasteiger partial charge in [-0.05, 0) is 12.8 Å². The molecule has 1 amide bonds. The van der Waals surface area contributed by atoms with Crippen LogP contribution >= 0.6 is 11.6 Å². The largest absolute Gasteiger partial charge is 0.493 e. The number of anilines is 1. The Kier molecular flexibility index (Phi) is 6.45. The molecular weight excluding hydrogens is 270 g/mol. The standard InChI is InChI=1S/C13H18ClNO4/c1-18-11-7-9(14)10(8-12(11)19-2)15-13(17)5-3-4-6-16/h7-8,16H,3-6H2,1-2H3,(H,15,17). The van der Waals surface area contributed by atoms with Crippen LogP contribution in [-0.2, 0) is 4.79 Å². The fourth-order valence-electron chi connectivity index (χ4n) is 1.56. The van der Waals surface area contributed by atoms with Gasteiger partial charge in [-0.1, -0.05) is 11.6 Å². The van der Waals surface area contributed by atoms with Crippen LogP contribution in [0, 0.1) is 0 Å². The van der Waals surface area contributed by atoms with Crippen LogP contribution in [0.25, 0.3) is 0 Å². The molecule has 0 aliphatic heterocycles. The zero-order valence-electron chi connectivity index (χ0n) is 11.0. The van der Waals surface area contributed by atoms with E-state index < -0.39 is 0 Å². The number of hydrogen-bond acceptors (Lipinski definition) is 4. The Morgan fingerprint density at radius 3 is 2.47 bits per heavy atom. The lowest BCUT2D eigenvalue weighted by molar-refractivity contribution is -0.116. The first-order valence-electron chi connectivity index (χ1n) is 5.94. The number of amides is 1. The Bertz CT molecular complexity index is 437. The van der Waals surface area contributed by atoms with Gasteiger partial charge in [-0.15, -0.1) is 0 Å². The van der Waals surface area contributed by atoms with Gasteiger partial charge in [0, 0.05) is 25.2 Å². The molecule has 5 nitrogen and oxygen atoms in total. The van der Waals surface area contributed by atoms with Crippen molar-refractivity contribution < 1.29 is 19.4 Å². The number of carbonyl (C=O) groups is 1. The molecule has 0 fully saturated rings. The van der Waals surface area contributed by atoms with Crippen LogP contribution in [0.3, 0.4) is 0 Å². The molecule has 1 rings (SSSR count). The Balaban J connectivity index is 2.75. The van der Waals surface area contributed by atoms with Crippen molar-refractivity contribution in [1.29, 1.82) is 0 Å². The molecule has 1 aromatic carbocycles. The molecule has 0 saturated heterocycles. The van der Waals surface area contributed by atoms with Crippen LogP contribution in [0.4, 0.5) is 5.69 Å². The molecule has 0 saturated carbocycles. The third kappa shape index (κ3) is 4.61. The summed E-state index contributed by atoms with van der Waals surface area (Å²) in [5.74, 6) is 0.853. The van der Waals surface area contributed by atoms with Crippen LogP contribution in [0.2, 0.25) is 5.02 Å². The number of benzene rings is 1. The molecule has 6 heteroatoms. The number of halogens is 1. The third-order valence-corrected chi connectivity index (χ3v) is 2.87. The monoisotopic (exact) mass is 287 g/mol. The summed E-state index contributed by atoms with van der Waals surface area (Å²) < 4.78 is 10.3. The summed E-state index contributed by atoms with van der Waals surface area (Å²) in [6, 6.07) is 3.20. The zero-order valence-corrected chi connectivity index (χ0v) is 11.8. The average Bonchev–Trinajstić information content (AvgIpc) is 2.40. The van der Waals surface area contributed by atoms with Gasteiger partial charge >= 0.3 is 0 Å². The highest BCUT2D eigenvalue weighted by atomic mass is 35.5. The summed E-state index contributed by atoms with van der Waals surface area (Å²) in [5, 5.41) is 11.7. The van der Waals surface area contributed by atoms with Crippen LogP contribution in [0.15, 0.2) is 12.1 Å². The van der Waals surface area contributed by atoms with E-state index in [1.165, 1.54) is 14.2 Å². The first-order valence-corrected chi connectivity index (χ1v) is 6.32. The number of rotatable bonds is 7. The number of aliphatic hydroxyl groups is 1. The highest BCUT2D eigenvalue weighted by Crippen LogP contribution is 2.36. The van der Waals surface area contributed by atoms with Gasteiger partial charge < -0.3 is 19.9 Å². The minimum atomic E-state index is -0.150. The van der Waals surface area contributed by atoms with E-state index >= 15 is 0 Å². The van der Waals surface area contributed by atoms with E-state index in [-0.39, 0.29) is 12.5 Å². The van der Waals surface area contributed by atoms with Gasteiger partial charge in [0.25, 0.3) is 0 Å². The molecule has 1 aromatic rings. The van der Waals surface area contributed by atoms with Crippen molar-refractivity contribution in [3.8, 4) is 11.5 Å². The Morgan fingerprint density at radius 2 is 1.89 bits per heavy atom. The summed E-state index contributed by atoms with van der Waals surface area (Å²) in [7, 11) is 3.03. The lowest BCUT2D eigenvalue weighted by atomic mass is 10.2. The summed E-state index contributed by atoms with van der Waals surface area (Å²) in [6.07, 6.45) is 1.57. The molecule has 0 heterocycles. The summed E-state index contributed by atoms with van der Waals surface area (Å²) in [5.41, 5.74) is 0.480. The van der Waals surface area contributed by atoms with Gasteiger partial charge in [0.2, 0.25) is 5.91 Å². The third-order valence-electron chi connectivity index (χ3n) is 2.56. The molecule has 0 aromatic heterocycles. The van der Waals surface area contributed by atoms with E-state index in [1.54, 1.807) is 12.1 Å². The van der Waals surface area contributed by atoms with Gasteiger partial charge in [-0.3, -0.25) is 4.79 Å². The van der Waals surface area contributed by atoms with Gasteiger partial charge in [0.15, 0.2) is 11.5 Å². The van der Waals surface area contributed by atoms with Crippen molar-refractivity contribution in [2.24, 2.45) is 0 Å². The summed E-state index contributed by atoms with van der Waals surface area (Å²) in [4.78, 5) is 11.7. The van der Waals surface area contributed by atoms with E-state index in [9.17, 15) is 4.79 Å². The number of aliphatic hydroxyl groups excluding tert-OH is 1. The number of ether oxygens (including phenoxy) is 2. The Labute approximate surface area is 117 Å². The quantitative estimate of drug-likeness (QED) is 0.756. The maximum atomic E-state index is 11.7. The average molecular weight is 288 g/mol. The molecule has 0 bridgehead atoms. The molecule has 106 valence electrons. The van der Waals surface area contributed by atoms with Gasteiger partial charge in [0.05, 0.1) is 24.9 Å². The maximum absolute atomic E-state index is 11.7. The highest BCUT2D eigenvalue weighted by molar-refractivity contribution is 6.34. The minimum absolute atomic E-state index is 0.0877. The fraction of sp³-hybridized carbons (Fsp3) is 0.462. The second-order valence-electron chi connectivity index (χ2n) is 3.92. The molecular formula is C13H18ClNO4. The normalized spacial score (nSPS) is 10.1. The van der Waals surface area contributed by atoms with Crippen LogP contribution in [0.5, 0.6) is 11.5 Å². The van der Waals surface area contributed by atoms with E-state index in [0.717, 1.165) is 0 Å². The molecule has 2 N–H and O–H groups in total. The van der Waals surface area contributed by atoms with Crippen molar-refractivity contribution in [1.82, 2.24) is 0 Å². The number of carbonyl (C=O) groups excluding carboxylic acids is 1. The van der Waals surface area contributed by atoms with E-state index in [4.69, 9.17) is 26.2 Å². The molecule has 0 spiro atoms. The lowest BCUT2D eigenvalue weighted by Gasteiger charge is -2.12. The summed E-state index contributed by atoms with van der Waals surface area (Å²) in [6.45, 7) is 0.0877. The van der Waals surface area contributed by atoms with Gasteiger partial charge in [-0.2, -0.15) is 0 Å². The maximum Gasteiger partial charge on any atom is 0.224 e. The second-order valence-corrected chi connectivity index (χ2v) is 4.32. The second kappa shape index (κ2) is 7.86. The summed E-state index contributed by atoms with van der Waals surface area (Å²) >= 11 is 6.05. The molecule has 0 atom stereocenters. The van der Waals surface area contributed by atoms with Crippen molar-refractivity contribution in [3.63, 3.8) is 0 Å². The van der Waals surface area contributed by atoms with Crippen LogP contribution in [-0.4, -0.2) is 31.8 Å². The molecule has 0 aliphatic rings. The number of hydrogen-bond donors (Lipinski definition) is 2. The first kappa shape index (κ1) is 15.6. The van der Waals surface area contributed by atoms with Crippen molar-refractivity contribution in [2.75, 3.05) is 26.1 Å². The zero-order chi connectivity index (χ0) is 14.3. The first-order chi connectivity index (χ1) is 9.12. The Hall–Kier alpha value is -1.46. The SMILES string of the molecule is COc1cc(Cl)c(NC(=O)CCCCO)cc1OC. The van der Waals surface area contributed by atoms with Gasteiger partial charge in [-0.25, -0.2) is 0 Å². The van der Waals surface area contributed by atoms with Crippen LogP contribution < -0.4 is 14.8 Å². The van der Waals surface area contributed by atoms with Gasteiger partial charge in [0.1, 0.15) is 0 Å². The number of methoxy groups -OCH3 is 2. The molecule has 0 aliphatic carbocycles. The smallest absolute Gasteiger partial charge is 0.224 e. The molecule has 0 unspecified atom stereocenters. The van der Waals surface area contributed by atoms with Crippen molar-refractivity contribution in [2.45, 2.75) is 19.3 Å². The molecule has 19 heavy (non-hydrogen) atoms. The fourth-order valence-corrected chi connectivity index (χ4v) is 1.76. The number of unbranched alkanes of at least 4 members (excludes halogenated alkanes) is 1. The topological polar surface area (TPSA) is 67.8 Å². The Morgan fingerprint density at radius 1 is 1.26 bits per heavy atom. The number of nitrogens with one attached hydrogen (secondary N) is 1. The van der Waals surface area contributed by atoms with Crippen molar-refractivity contribution in [3.05, 3.63) is 17.2 Å². The predicted molar refractivity (Wildman–Crippen MR) is 74.1 cm³/mol. The van der Waals surface area contributed by atoms with E-state index in [0.29, 0.717) is 41.5 Å². The molecule has 0 radical (unpaired) electrons. The lowest BCUT2D eigenvalue weighted by Crippen LogP contribution is -2.12. The van der Waals surface area contributed by atoms with Crippen LogP contribution in [0.1, 0.15) is 19.3 Å². The minimum Gasteiger partial charge on any atom is -0.493 e. The van der Waals surface area contributed by atoms with E-state index in [1.807, 2.05) is 0 Å². The predicted octanol–water partition coefficient (Wildman–Crippen LogP) is 2.46. The van der Waals surface area contributed by atoms with Crippen molar-refractivity contribution >= 4 is 23.2 Å². The van der Waals surface area contributed by atoms with E-state index in [2.05, 4.69) is 5.32 Å².